The number of carboxylic acid groups (broad SMARTS) is 1. The summed E-state index contributed by atoms with van der Waals surface area (Å²) >= 11 is 0. The van der Waals surface area contributed by atoms with Gasteiger partial charge in [-0.15, -0.1) is 0 Å². The molecule has 0 aliphatic carbocycles. The van der Waals surface area contributed by atoms with E-state index in [0.29, 0.717) is 25.6 Å². The molecular weight excluding hydrogens is 332 g/mol. The lowest BCUT2D eigenvalue weighted by Gasteiger charge is -2.14. The van der Waals surface area contributed by atoms with E-state index in [2.05, 4.69) is 18.6 Å². The molecule has 0 aromatic carbocycles. The zero-order valence-electron chi connectivity index (χ0n) is 17.3. The van der Waals surface area contributed by atoms with Gasteiger partial charge in [0.1, 0.15) is 0 Å². The summed E-state index contributed by atoms with van der Waals surface area (Å²) in [5.41, 5.74) is 0. The van der Waals surface area contributed by atoms with Crippen LogP contribution >= 0.6 is 0 Å². The molecule has 0 aromatic rings. The van der Waals surface area contributed by atoms with Crippen LogP contribution in [0.5, 0.6) is 0 Å². The first-order valence-corrected chi connectivity index (χ1v) is 10.6. The molecule has 0 rings (SSSR count). The summed E-state index contributed by atoms with van der Waals surface area (Å²) in [5, 5.41) is 25.1. The topological polar surface area (TPSA) is 87.0 Å². The number of carboxylic acids is 1. The molecule has 0 aliphatic rings. The zero-order valence-corrected chi connectivity index (χ0v) is 17.3. The summed E-state index contributed by atoms with van der Waals surface area (Å²) in [6, 6.07) is 0. The lowest BCUT2D eigenvalue weighted by atomic mass is 9.91. The van der Waals surface area contributed by atoms with E-state index in [0.717, 1.165) is 12.8 Å². The number of ether oxygens (including phenoxy) is 1. The first-order valence-electron chi connectivity index (χ1n) is 10.6. The third kappa shape index (κ3) is 25.6. The molecule has 0 aliphatic heterocycles. The van der Waals surface area contributed by atoms with Crippen molar-refractivity contribution >= 4 is 5.97 Å². The van der Waals surface area contributed by atoms with Gasteiger partial charge in [0.15, 0.2) is 0 Å². The molecule has 3 N–H and O–H groups in total. The van der Waals surface area contributed by atoms with Crippen LogP contribution in [0.25, 0.3) is 0 Å². The summed E-state index contributed by atoms with van der Waals surface area (Å²) in [5.74, 6) is -0.202. The molecule has 5 heteroatoms. The number of unbranched alkanes of at least 4 members (excludes halogenated alkanes) is 8. The van der Waals surface area contributed by atoms with Crippen LogP contribution in [-0.2, 0) is 9.53 Å². The molecule has 0 saturated heterocycles. The highest BCUT2D eigenvalue weighted by Gasteiger charge is 2.12. The average Bonchev–Trinajstić information content (AvgIpc) is 2.62. The van der Waals surface area contributed by atoms with Gasteiger partial charge in [0.2, 0.25) is 0 Å². The third-order valence-corrected chi connectivity index (χ3v) is 4.37. The van der Waals surface area contributed by atoms with E-state index in [4.69, 9.17) is 15.3 Å². The second-order valence-corrected chi connectivity index (χ2v) is 6.93. The number of carbonyl (C=O) groups is 1. The van der Waals surface area contributed by atoms with Gasteiger partial charge >= 0.3 is 5.97 Å². The first kappa shape index (κ1) is 27.6. The molecule has 5 nitrogen and oxygen atoms in total. The van der Waals surface area contributed by atoms with Gasteiger partial charge in [0.05, 0.1) is 26.4 Å². The molecule has 0 saturated carbocycles. The Bertz CT molecular complexity index is 267. The van der Waals surface area contributed by atoms with Gasteiger partial charge in [-0.1, -0.05) is 78.1 Å². The van der Waals surface area contributed by atoms with E-state index in [-0.39, 0.29) is 13.2 Å². The molecule has 0 amide bonds. The summed E-state index contributed by atoms with van der Waals surface area (Å²) in [6.45, 7) is 5.14. The van der Waals surface area contributed by atoms with Gasteiger partial charge < -0.3 is 20.1 Å². The normalized spacial score (nSPS) is 11.7. The molecule has 0 bridgehead atoms. The van der Waals surface area contributed by atoms with Crippen molar-refractivity contribution in [1.82, 2.24) is 0 Å². The van der Waals surface area contributed by atoms with Gasteiger partial charge in [-0.05, 0) is 18.8 Å². The Morgan fingerprint density at radius 1 is 0.769 bits per heavy atom. The summed E-state index contributed by atoms with van der Waals surface area (Å²) < 4.78 is 4.63. The standard InChI is InChI=1S/C17H34O2.C4H10O3/c1-3-5-7-9-10-12-14-16(15-17(18)19)13-11-8-6-4-2;5-1-3-7-4-2-6/h16H,3-15H2,1-2H3,(H,18,19);5-6H,1-4H2. The highest BCUT2D eigenvalue weighted by Crippen LogP contribution is 2.21. The smallest absolute Gasteiger partial charge is 0.303 e. The van der Waals surface area contributed by atoms with Crippen molar-refractivity contribution in [2.45, 2.75) is 97.3 Å². The van der Waals surface area contributed by atoms with Gasteiger partial charge in [-0.2, -0.15) is 0 Å². The molecule has 0 spiro atoms. The Morgan fingerprint density at radius 3 is 1.62 bits per heavy atom. The number of aliphatic hydroxyl groups is 2. The van der Waals surface area contributed by atoms with Crippen LogP contribution in [0.15, 0.2) is 0 Å². The average molecular weight is 377 g/mol. The minimum atomic E-state index is -0.619. The van der Waals surface area contributed by atoms with E-state index < -0.39 is 5.97 Å². The van der Waals surface area contributed by atoms with E-state index in [1.807, 2.05) is 0 Å². The maximum atomic E-state index is 10.9. The first-order chi connectivity index (χ1) is 12.6. The van der Waals surface area contributed by atoms with Crippen LogP contribution < -0.4 is 0 Å². The molecule has 1 atom stereocenters. The molecule has 1 unspecified atom stereocenters. The Morgan fingerprint density at radius 2 is 1.19 bits per heavy atom. The zero-order chi connectivity index (χ0) is 19.9. The fourth-order valence-electron chi connectivity index (χ4n) is 2.90. The molecule has 158 valence electrons. The lowest BCUT2D eigenvalue weighted by Crippen LogP contribution is -2.08. The van der Waals surface area contributed by atoms with Crippen molar-refractivity contribution in [3.8, 4) is 0 Å². The van der Waals surface area contributed by atoms with Crippen LogP contribution in [-0.4, -0.2) is 47.7 Å². The number of rotatable bonds is 18. The van der Waals surface area contributed by atoms with E-state index >= 15 is 0 Å². The predicted octanol–water partition coefficient (Wildman–Crippen LogP) is 4.79. The molecule has 0 fully saturated rings. The van der Waals surface area contributed by atoms with Crippen molar-refractivity contribution in [3.63, 3.8) is 0 Å². The second-order valence-electron chi connectivity index (χ2n) is 6.93. The van der Waals surface area contributed by atoms with Crippen molar-refractivity contribution in [1.29, 1.82) is 0 Å². The van der Waals surface area contributed by atoms with Crippen molar-refractivity contribution in [2.24, 2.45) is 5.92 Å². The fourth-order valence-corrected chi connectivity index (χ4v) is 2.90. The van der Waals surface area contributed by atoms with Gasteiger partial charge in [-0.3, -0.25) is 4.79 Å². The fraction of sp³-hybridized carbons (Fsp3) is 0.952. The Hall–Kier alpha value is -0.650. The van der Waals surface area contributed by atoms with Crippen molar-refractivity contribution < 1.29 is 24.9 Å². The summed E-state index contributed by atoms with van der Waals surface area (Å²) in [6.07, 6.45) is 15.4. The Kier molecular flexibility index (Phi) is 25.8. The van der Waals surface area contributed by atoms with Crippen LogP contribution in [0, 0.1) is 5.92 Å². The maximum absolute atomic E-state index is 10.9. The van der Waals surface area contributed by atoms with Crippen molar-refractivity contribution in [2.75, 3.05) is 26.4 Å². The molecule has 0 heterocycles. The third-order valence-electron chi connectivity index (χ3n) is 4.37. The monoisotopic (exact) mass is 376 g/mol. The van der Waals surface area contributed by atoms with Gasteiger partial charge in [-0.25, -0.2) is 0 Å². The minimum Gasteiger partial charge on any atom is -0.481 e. The molecular formula is C21H44O5. The maximum Gasteiger partial charge on any atom is 0.303 e. The number of hydrogen-bond donors (Lipinski definition) is 3. The van der Waals surface area contributed by atoms with E-state index in [1.54, 1.807) is 0 Å². The Balaban J connectivity index is 0. The predicted molar refractivity (Wildman–Crippen MR) is 107 cm³/mol. The van der Waals surface area contributed by atoms with Crippen LogP contribution in [0.4, 0.5) is 0 Å². The number of aliphatic hydroxyl groups excluding tert-OH is 2. The highest BCUT2D eigenvalue weighted by atomic mass is 16.5. The van der Waals surface area contributed by atoms with E-state index in [9.17, 15) is 4.79 Å². The Labute approximate surface area is 161 Å². The number of hydrogen-bond acceptors (Lipinski definition) is 4. The quantitative estimate of drug-likeness (QED) is 0.300. The summed E-state index contributed by atoms with van der Waals surface area (Å²) in [4.78, 5) is 10.9. The van der Waals surface area contributed by atoms with Gasteiger partial charge in [0.25, 0.3) is 0 Å². The van der Waals surface area contributed by atoms with E-state index in [1.165, 1.54) is 64.2 Å². The van der Waals surface area contributed by atoms with Crippen LogP contribution in [0.3, 0.4) is 0 Å². The summed E-state index contributed by atoms with van der Waals surface area (Å²) in [7, 11) is 0. The van der Waals surface area contributed by atoms with Crippen molar-refractivity contribution in [3.05, 3.63) is 0 Å². The minimum absolute atomic E-state index is 0.0278. The van der Waals surface area contributed by atoms with Crippen LogP contribution in [0.2, 0.25) is 0 Å². The SMILES string of the molecule is CCCCCCCCC(CCCCCC)CC(=O)O.OCCOCCO. The largest absolute Gasteiger partial charge is 0.481 e. The number of aliphatic carboxylic acids is 1. The lowest BCUT2D eigenvalue weighted by molar-refractivity contribution is -0.138. The molecule has 0 radical (unpaired) electrons. The highest BCUT2D eigenvalue weighted by molar-refractivity contribution is 5.66. The van der Waals surface area contributed by atoms with Gasteiger partial charge in [0, 0.05) is 6.42 Å². The molecule has 26 heavy (non-hydrogen) atoms. The van der Waals surface area contributed by atoms with Crippen LogP contribution in [0.1, 0.15) is 97.3 Å². The molecule has 0 aromatic heterocycles. The second kappa shape index (κ2) is 24.4.